The van der Waals surface area contributed by atoms with Crippen LogP contribution in [0.4, 0.5) is 0 Å². The number of carboxylic acid groups (broad SMARTS) is 1. The summed E-state index contributed by atoms with van der Waals surface area (Å²) in [6, 6.07) is 0. The van der Waals surface area contributed by atoms with E-state index < -0.39 is 23.8 Å². The molecule has 23 heavy (non-hydrogen) atoms. The predicted molar refractivity (Wildman–Crippen MR) is 86.5 cm³/mol. The van der Waals surface area contributed by atoms with E-state index in [1.807, 2.05) is 53.9 Å². The van der Waals surface area contributed by atoms with Gasteiger partial charge in [0.25, 0.3) is 0 Å². The number of carbonyl (C=O) groups excluding carboxylic acids is 2. The molecule has 0 saturated carbocycles. The summed E-state index contributed by atoms with van der Waals surface area (Å²) in [6.07, 6.45) is 3.93. The van der Waals surface area contributed by atoms with E-state index in [2.05, 4.69) is 0 Å². The van der Waals surface area contributed by atoms with Gasteiger partial charge in [0.15, 0.2) is 0 Å². The number of nitrogens with one attached hydrogen (secondary N) is 1. The Kier molecular flexibility index (Phi) is 7.01. The van der Waals surface area contributed by atoms with E-state index in [9.17, 15) is 14.7 Å². The Labute approximate surface area is 139 Å². The van der Waals surface area contributed by atoms with E-state index in [4.69, 9.17) is 4.74 Å². The van der Waals surface area contributed by atoms with Crippen LogP contribution in [0.3, 0.4) is 0 Å². The molecule has 5 nitrogen and oxygen atoms in total. The topological polar surface area (TPSA) is 70.9 Å². The second-order valence-corrected chi connectivity index (χ2v) is 7.02. The number of ether oxygens (including phenoxy) is 1. The molecule has 0 amide bonds. The zero-order valence-electron chi connectivity index (χ0n) is 15.0. The van der Waals surface area contributed by atoms with E-state index in [-0.39, 0.29) is 18.4 Å². The summed E-state index contributed by atoms with van der Waals surface area (Å²) in [4.78, 5) is 25.4. The summed E-state index contributed by atoms with van der Waals surface area (Å²) in [5, 5.41) is 11.7. The Hall–Kier alpha value is -1.62. The molecule has 0 aromatic heterocycles. The second-order valence-electron chi connectivity index (χ2n) is 7.02. The van der Waals surface area contributed by atoms with E-state index in [0.717, 1.165) is 11.1 Å². The Balaban J connectivity index is 3.09. The van der Waals surface area contributed by atoms with Crippen LogP contribution in [0, 0.1) is 23.7 Å². The van der Waals surface area contributed by atoms with Crippen molar-refractivity contribution < 1.29 is 24.3 Å². The minimum atomic E-state index is -1.18. The molecule has 1 rings (SSSR count). The second kappa shape index (κ2) is 8.29. The number of quaternary nitrogens is 1. The third-order valence-corrected chi connectivity index (χ3v) is 4.43. The first kappa shape index (κ1) is 19.4. The van der Waals surface area contributed by atoms with Gasteiger partial charge in [0.05, 0.1) is 20.0 Å². The lowest BCUT2D eigenvalue weighted by atomic mass is 9.67. The van der Waals surface area contributed by atoms with Gasteiger partial charge in [0, 0.05) is 17.8 Å². The highest BCUT2D eigenvalue weighted by Crippen LogP contribution is 2.39. The highest BCUT2D eigenvalue weighted by molar-refractivity contribution is 5.82. The van der Waals surface area contributed by atoms with Gasteiger partial charge >= 0.3 is 5.97 Å². The minimum Gasteiger partial charge on any atom is -0.550 e. The Morgan fingerprint density at radius 1 is 1.30 bits per heavy atom. The smallest absolute Gasteiger partial charge is 0.310 e. The van der Waals surface area contributed by atoms with Crippen LogP contribution < -0.4 is 10.0 Å². The molecule has 0 radical (unpaired) electrons. The first-order chi connectivity index (χ1) is 10.6. The lowest BCUT2D eigenvalue weighted by molar-refractivity contribution is -0.858. The fourth-order valence-electron chi connectivity index (χ4n) is 3.04. The Morgan fingerprint density at radius 3 is 2.39 bits per heavy atom. The lowest BCUT2D eigenvalue weighted by Gasteiger charge is -2.39. The van der Waals surface area contributed by atoms with Crippen LogP contribution in [0.15, 0.2) is 23.3 Å². The summed E-state index contributed by atoms with van der Waals surface area (Å²) in [6.45, 7) is 8.58. The largest absolute Gasteiger partial charge is 0.550 e. The molecule has 130 valence electrons. The van der Waals surface area contributed by atoms with Crippen LogP contribution in [0.5, 0.6) is 0 Å². The van der Waals surface area contributed by atoms with Crippen molar-refractivity contribution >= 4 is 11.9 Å². The molecule has 4 atom stereocenters. The number of rotatable bonds is 6. The van der Waals surface area contributed by atoms with Crippen LogP contribution in [-0.2, 0) is 14.3 Å². The van der Waals surface area contributed by atoms with E-state index in [1.54, 1.807) is 0 Å². The zero-order chi connectivity index (χ0) is 17.7. The molecule has 1 aliphatic carbocycles. The van der Waals surface area contributed by atoms with Gasteiger partial charge in [-0.05, 0) is 26.7 Å². The van der Waals surface area contributed by atoms with Crippen LogP contribution in [0.1, 0.15) is 27.7 Å². The van der Waals surface area contributed by atoms with Crippen molar-refractivity contribution in [1.29, 1.82) is 0 Å². The van der Waals surface area contributed by atoms with Gasteiger partial charge in [-0.2, -0.15) is 0 Å². The first-order valence-electron chi connectivity index (χ1n) is 8.15. The molecule has 0 fully saturated rings. The SMILES string of the molecule is CC(C)=C[C@@H]1C=C(C)[C@H](C)[C@H](C(=O)[O-])[C@@H]1C(=O)OCC[NH+](C)C. The zero-order valence-corrected chi connectivity index (χ0v) is 15.0. The lowest BCUT2D eigenvalue weighted by Crippen LogP contribution is -3.06. The summed E-state index contributed by atoms with van der Waals surface area (Å²) in [7, 11) is 3.94. The molecule has 0 spiro atoms. The van der Waals surface area contributed by atoms with Gasteiger partial charge in [-0.3, -0.25) is 4.79 Å². The van der Waals surface area contributed by atoms with E-state index in [0.29, 0.717) is 6.54 Å². The Morgan fingerprint density at radius 2 is 1.91 bits per heavy atom. The molecule has 1 N–H and O–H groups in total. The third-order valence-electron chi connectivity index (χ3n) is 4.43. The Bertz CT molecular complexity index is 503. The van der Waals surface area contributed by atoms with Crippen molar-refractivity contribution in [3.63, 3.8) is 0 Å². The molecular formula is C18H29NO4. The van der Waals surface area contributed by atoms with Crippen LogP contribution in [-0.4, -0.2) is 39.2 Å². The fourth-order valence-corrected chi connectivity index (χ4v) is 3.04. The maximum absolute atomic E-state index is 12.6. The normalized spacial score (nSPS) is 27.3. The van der Waals surface area contributed by atoms with Gasteiger partial charge in [-0.15, -0.1) is 0 Å². The maximum Gasteiger partial charge on any atom is 0.310 e. The summed E-state index contributed by atoms with van der Waals surface area (Å²) < 4.78 is 5.36. The van der Waals surface area contributed by atoms with Crippen molar-refractivity contribution in [2.75, 3.05) is 27.2 Å². The monoisotopic (exact) mass is 323 g/mol. The summed E-state index contributed by atoms with van der Waals surface area (Å²) in [5.74, 6) is -3.72. The minimum absolute atomic E-state index is 0.237. The molecular weight excluding hydrogens is 294 g/mol. The van der Waals surface area contributed by atoms with Crippen LogP contribution in [0.2, 0.25) is 0 Å². The number of allylic oxidation sites excluding steroid dienone is 4. The number of hydrogen-bond acceptors (Lipinski definition) is 4. The van der Waals surface area contributed by atoms with Gasteiger partial charge in [0.1, 0.15) is 13.2 Å². The molecule has 0 bridgehead atoms. The molecule has 0 saturated heterocycles. The molecule has 0 unspecified atom stereocenters. The fraction of sp³-hybridized carbons (Fsp3) is 0.667. The highest BCUT2D eigenvalue weighted by atomic mass is 16.5. The van der Waals surface area contributed by atoms with Crippen LogP contribution in [0.25, 0.3) is 0 Å². The third kappa shape index (κ3) is 5.20. The number of likely N-dealkylation sites (N-methyl/N-ethyl adjacent to an activating group) is 1. The van der Waals surface area contributed by atoms with Crippen molar-refractivity contribution in [3.05, 3.63) is 23.3 Å². The van der Waals surface area contributed by atoms with Crippen molar-refractivity contribution in [2.45, 2.75) is 27.7 Å². The number of hydrogen-bond donors (Lipinski definition) is 1. The number of aliphatic carboxylic acids is 1. The number of esters is 1. The van der Waals surface area contributed by atoms with Crippen molar-refractivity contribution in [3.8, 4) is 0 Å². The maximum atomic E-state index is 12.6. The van der Waals surface area contributed by atoms with E-state index in [1.165, 1.54) is 4.90 Å². The van der Waals surface area contributed by atoms with Gasteiger partial charge in [-0.1, -0.05) is 30.2 Å². The molecule has 0 heterocycles. The average molecular weight is 323 g/mol. The van der Waals surface area contributed by atoms with Gasteiger partial charge < -0.3 is 19.5 Å². The van der Waals surface area contributed by atoms with Gasteiger partial charge in [0.2, 0.25) is 0 Å². The van der Waals surface area contributed by atoms with Crippen LogP contribution >= 0.6 is 0 Å². The number of carbonyl (C=O) groups is 2. The molecule has 5 heteroatoms. The molecule has 0 aromatic rings. The standard InChI is InChI=1S/C18H29NO4/c1-11(2)9-14-10-12(3)13(4)15(17(20)21)16(14)18(22)23-8-7-19(5)6/h9-10,13-16H,7-8H2,1-6H3,(H,20,21)/t13-,14+,15-,16+/m0/s1. The highest BCUT2D eigenvalue weighted by Gasteiger charge is 2.42. The van der Waals surface area contributed by atoms with E-state index >= 15 is 0 Å². The summed E-state index contributed by atoms with van der Waals surface area (Å²) in [5.41, 5.74) is 2.02. The van der Waals surface area contributed by atoms with Gasteiger partial charge in [-0.25, -0.2) is 0 Å². The quantitative estimate of drug-likeness (QED) is 0.544. The van der Waals surface area contributed by atoms with Crippen molar-refractivity contribution in [1.82, 2.24) is 0 Å². The predicted octanol–water partition coefficient (Wildman–Crippen LogP) is -0.165. The number of carboxylic acids is 1. The molecule has 1 aliphatic rings. The first-order valence-corrected chi connectivity index (χ1v) is 8.15. The molecule has 0 aromatic carbocycles. The summed E-state index contributed by atoms with van der Waals surface area (Å²) >= 11 is 0. The van der Waals surface area contributed by atoms with Crippen molar-refractivity contribution in [2.24, 2.45) is 23.7 Å². The molecule has 0 aliphatic heterocycles. The average Bonchev–Trinajstić information content (AvgIpc) is 2.40.